The third-order valence-electron chi connectivity index (χ3n) is 3.13. The average molecular weight is 352 g/mol. The Bertz CT molecular complexity index is 627. The van der Waals surface area contributed by atoms with Gasteiger partial charge in [0.2, 0.25) is 0 Å². The number of aryl methyl sites for hydroxylation is 1. The highest BCUT2D eigenvalue weighted by atomic mass is 79.9. The molecule has 2 aromatic rings. The van der Waals surface area contributed by atoms with Gasteiger partial charge in [0, 0.05) is 31.4 Å². The van der Waals surface area contributed by atoms with Crippen molar-refractivity contribution in [2.24, 2.45) is 7.05 Å². The smallest absolute Gasteiger partial charge is 0.198 e. The lowest BCUT2D eigenvalue weighted by Gasteiger charge is -2.22. The maximum Gasteiger partial charge on any atom is 0.198 e. The van der Waals surface area contributed by atoms with Gasteiger partial charge in [-0.1, -0.05) is 27.7 Å². The molecule has 0 aliphatic carbocycles. The van der Waals surface area contributed by atoms with Crippen molar-refractivity contribution < 1.29 is 0 Å². The summed E-state index contributed by atoms with van der Waals surface area (Å²) < 4.78 is 2.86. The molecule has 2 rings (SSSR count). The molecule has 0 amide bonds. The van der Waals surface area contributed by atoms with Gasteiger partial charge < -0.3 is 9.88 Å². The second-order valence-corrected chi connectivity index (χ2v) is 6.89. The van der Waals surface area contributed by atoms with Crippen molar-refractivity contribution >= 4 is 21.7 Å². The molecule has 0 atom stereocenters. The fourth-order valence-corrected chi connectivity index (χ4v) is 2.90. The van der Waals surface area contributed by atoms with Gasteiger partial charge >= 0.3 is 0 Å². The highest BCUT2D eigenvalue weighted by Crippen LogP contribution is 2.34. The van der Waals surface area contributed by atoms with E-state index < -0.39 is 0 Å². The highest BCUT2D eigenvalue weighted by Gasteiger charge is 2.24. The standard InChI is InChI=1S/C15H22BrN5/c1-6-7-17-12-10(16)11(15(2,3)4)19-13(20-12)14-18-8-9-21(14)5/h8-9H,6-7H2,1-5H3,(H,17,19,20). The lowest BCUT2D eigenvalue weighted by Crippen LogP contribution is -2.18. The third kappa shape index (κ3) is 3.43. The summed E-state index contributed by atoms with van der Waals surface area (Å²) in [6.45, 7) is 9.44. The molecule has 0 spiro atoms. The molecule has 0 unspecified atom stereocenters. The van der Waals surface area contributed by atoms with Gasteiger partial charge in [0.1, 0.15) is 5.82 Å². The molecule has 6 heteroatoms. The van der Waals surface area contributed by atoms with E-state index in [1.807, 2.05) is 17.8 Å². The average Bonchev–Trinajstić information content (AvgIpc) is 2.82. The maximum atomic E-state index is 4.73. The van der Waals surface area contributed by atoms with Gasteiger partial charge in [-0.2, -0.15) is 0 Å². The molecule has 0 bridgehead atoms. The third-order valence-corrected chi connectivity index (χ3v) is 3.88. The van der Waals surface area contributed by atoms with Crippen LogP contribution in [0.5, 0.6) is 0 Å². The Morgan fingerprint density at radius 2 is 2.00 bits per heavy atom. The zero-order valence-electron chi connectivity index (χ0n) is 13.2. The first-order chi connectivity index (χ1) is 9.84. The van der Waals surface area contributed by atoms with Crippen molar-refractivity contribution in [3.8, 4) is 11.6 Å². The number of halogens is 1. The Labute approximate surface area is 134 Å². The van der Waals surface area contributed by atoms with Crippen LogP contribution in [-0.2, 0) is 12.5 Å². The summed E-state index contributed by atoms with van der Waals surface area (Å²) in [4.78, 5) is 13.7. The first kappa shape index (κ1) is 15.9. The molecule has 1 N–H and O–H groups in total. The van der Waals surface area contributed by atoms with Gasteiger partial charge in [-0.3, -0.25) is 0 Å². The zero-order chi connectivity index (χ0) is 15.6. The van der Waals surface area contributed by atoms with Crippen LogP contribution in [-0.4, -0.2) is 26.1 Å². The molecule has 0 aliphatic heterocycles. The van der Waals surface area contributed by atoms with Crippen LogP contribution in [0.2, 0.25) is 0 Å². The second kappa shape index (κ2) is 6.13. The number of imidazole rings is 1. The lowest BCUT2D eigenvalue weighted by atomic mass is 9.92. The molecule has 2 aromatic heterocycles. The van der Waals surface area contributed by atoms with Crippen molar-refractivity contribution in [2.45, 2.75) is 39.5 Å². The Morgan fingerprint density at radius 3 is 2.52 bits per heavy atom. The van der Waals surface area contributed by atoms with Crippen molar-refractivity contribution in [3.63, 3.8) is 0 Å². The van der Waals surface area contributed by atoms with Gasteiger partial charge in [0.15, 0.2) is 11.6 Å². The van der Waals surface area contributed by atoms with E-state index in [0.29, 0.717) is 5.82 Å². The van der Waals surface area contributed by atoms with E-state index in [-0.39, 0.29) is 5.41 Å². The van der Waals surface area contributed by atoms with Crippen molar-refractivity contribution in [1.82, 2.24) is 19.5 Å². The van der Waals surface area contributed by atoms with E-state index >= 15 is 0 Å². The number of hydrogen-bond donors (Lipinski definition) is 1. The SMILES string of the molecule is CCCNc1nc(-c2nccn2C)nc(C(C)(C)C)c1Br. The van der Waals surface area contributed by atoms with Crippen LogP contribution >= 0.6 is 15.9 Å². The van der Waals surface area contributed by atoms with E-state index in [1.165, 1.54) is 0 Å². The summed E-state index contributed by atoms with van der Waals surface area (Å²) in [5.74, 6) is 2.25. The Hall–Kier alpha value is -1.43. The Kier molecular flexibility index (Phi) is 4.66. The Morgan fingerprint density at radius 1 is 1.29 bits per heavy atom. The van der Waals surface area contributed by atoms with Crippen molar-refractivity contribution in [1.29, 1.82) is 0 Å². The molecule has 21 heavy (non-hydrogen) atoms. The molecule has 0 radical (unpaired) electrons. The molecule has 0 aromatic carbocycles. The van der Waals surface area contributed by atoms with Crippen LogP contribution in [0.15, 0.2) is 16.9 Å². The van der Waals surface area contributed by atoms with Gasteiger partial charge in [0.25, 0.3) is 0 Å². The van der Waals surface area contributed by atoms with E-state index in [2.05, 4.69) is 58.9 Å². The molecule has 0 aliphatic rings. The molecule has 0 saturated heterocycles. The monoisotopic (exact) mass is 351 g/mol. The number of rotatable bonds is 4. The number of anilines is 1. The summed E-state index contributed by atoms with van der Waals surface area (Å²) >= 11 is 3.65. The Balaban J connectivity index is 2.59. The zero-order valence-corrected chi connectivity index (χ0v) is 14.8. The first-order valence-corrected chi connectivity index (χ1v) is 7.93. The molecule has 0 fully saturated rings. The van der Waals surface area contributed by atoms with Gasteiger partial charge in [-0.15, -0.1) is 0 Å². The van der Waals surface area contributed by atoms with Gasteiger partial charge in [-0.25, -0.2) is 15.0 Å². The minimum absolute atomic E-state index is 0.0790. The summed E-state index contributed by atoms with van der Waals surface area (Å²) in [5.41, 5.74) is 0.902. The first-order valence-electron chi connectivity index (χ1n) is 7.14. The number of hydrogen-bond acceptors (Lipinski definition) is 4. The summed E-state index contributed by atoms with van der Waals surface area (Å²) in [7, 11) is 1.95. The highest BCUT2D eigenvalue weighted by molar-refractivity contribution is 9.10. The minimum Gasteiger partial charge on any atom is -0.369 e. The summed E-state index contributed by atoms with van der Waals surface area (Å²) in [6.07, 6.45) is 4.70. The molecular weight excluding hydrogens is 330 g/mol. The molecule has 5 nitrogen and oxygen atoms in total. The van der Waals surface area contributed by atoms with Crippen LogP contribution in [0.25, 0.3) is 11.6 Å². The van der Waals surface area contributed by atoms with Gasteiger partial charge in [-0.05, 0) is 22.4 Å². The largest absolute Gasteiger partial charge is 0.369 e. The van der Waals surface area contributed by atoms with E-state index in [9.17, 15) is 0 Å². The predicted molar refractivity (Wildman–Crippen MR) is 89.4 cm³/mol. The van der Waals surface area contributed by atoms with Crippen LogP contribution in [0.3, 0.4) is 0 Å². The lowest BCUT2D eigenvalue weighted by molar-refractivity contribution is 0.564. The molecule has 114 valence electrons. The van der Waals surface area contributed by atoms with Crippen LogP contribution in [0.1, 0.15) is 39.8 Å². The topological polar surface area (TPSA) is 55.6 Å². The van der Waals surface area contributed by atoms with Crippen LogP contribution in [0, 0.1) is 0 Å². The van der Waals surface area contributed by atoms with Crippen molar-refractivity contribution in [2.75, 3.05) is 11.9 Å². The summed E-state index contributed by atoms with van der Waals surface area (Å²) in [6, 6.07) is 0. The quantitative estimate of drug-likeness (QED) is 0.910. The fraction of sp³-hybridized carbons (Fsp3) is 0.533. The van der Waals surface area contributed by atoms with E-state index in [4.69, 9.17) is 4.98 Å². The van der Waals surface area contributed by atoms with Crippen LogP contribution < -0.4 is 5.32 Å². The van der Waals surface area contributed by atoms with Crippen LogP contribution in [0.4, 0.5) is 5.82 Å². The van der Waals surface area contributed by atoms with Crippen molar-refractivity contribution in [3.05, 3.63) is 22.6 Å². The van der Waals surface area contributed by atoms with E-state index in [1.54, 1.807) is 6.20 Å². The number of nitrogens with zero attached hydrogens (tertiary/aromatic N) is 4. The summed E-state index contributed by atoms with van der Waals surface area (Å²) in [5, 5.41) is 3.36. The second-order valence-electron chi connectivity index (χ2n) is 6.10. The maximum absolute atomic E-state index is 4.73. The number of nitrogens with one attached hydrogen (secondary N) is 1. The molecular formula is C15H22BrN5. The van der Waals surface area contributed by atoms with Gasteiger partial charge in [0.05, 0.1) is 10.2 Å². The normalized spacial score (nSPS) is 11.7. The minimum atomic E-state index is -0.0790. The van der Waals surface area contributed by atoms with E-state index in [0.717, 1.165) is 34.8 Å². The molecule has 2 heterocycles. The number of aromatic nitrogens is 4. The fourth-order valence-electron chi connectivity index (χ4n) is 1.99. The molecule has 0 saturated carbocycles. The predicted octanol–water partition coefficient (Wildman–Crippen LogP) is 3.76.